The molecule has 0 bridgehead atoms. The summed E-state index contributed by atoms with van der Waals surface area (Å²) in [5.74, 6) is 1.42. The Bertz CT molecular complexity index is 349. The Morgan fingerprint density at radius 3 is 2.69 bits per heavy atom. The maximum absolute atomic E-state index is 12.8. The van der Waals surface area contributed by atoms with Crippen molar-refractivity contribution in [1.29, 1.82) is 0 Å². The highest BCUT2D eigenvalue weighted by Gasteiger charge is 2.47. The van der Waals surface area contributed by atoms with Gasteiger partial charge < -0.3 is 5.32 Å². The van der Waals surface area contributed by atoms with Gasteiger partial charge in [-0.25, -0.2) is 4.39 Å². The Kier molecular flexibility index (Phi) is 3.24. The fourth-order valence-corrected chi connectivity index (χ4v) is 3.14. The number of aromatic nitrogens is 1. The number of nitrogens with one attached hydrogen (secondary N) is 1. The van der Waals surface area contributed by atoms with Gasteiger partial charge in [0.15, 0.2) is 0 Å². The van der Waals surface area contributed by atoms with Crippen molar-refractivity contribution < 1.29 is 4.39 Å². The number of hydrogen-bond acceptors (Lipinski definition) is 2. The molecule has 1 fully saturated rings. The largest absolute Gasteiger partial charge is 0.316 e. The molecule has 1 heterocycles. The summed E-state index contributed by atoms with van der Waals surface area (Å²) in [6, 6.07) is 3.90. The molecule has 0 radical (unpaired) electrons. The van der Waals surface area contributed by atoms with Crippen molar-refractivity contribution in [2.75, 3.05) is 7.05 Å². The highest BCUT2D eigenvalue weighted by atomic mass is 19.1. The van der Waals surface area contributed by atoms with E-state index in [-0.39, 0.29) is 5.82 Å². The second-order valence-corrected chi connectivity index (χ2v) is 4.67. The van der Waals surface area contributed by atoms with E-state index in [1.54, 1.807) is 0 Å². The van der Waals surface area contributed by atoms with Gasteiger partial charge >= 0.3 is 0 Å². The average molecular weight is 222 g/mol. The predicted molar refractivity (Wildman–Crippen MR) is 62.7 cm³/mol. The first-order valence-electron chi connectivity index (χ1n) is 5.97. The lowest BCUT2D eigenvalue weighted by molar-refractivity contribution is 0.0818. The summed E-state index contributed by atoms with van der Waals surface area (Å²) >= 11 is 0. The van der Waals surface area contributed by atoms with Crippen molar-refractivity contribution in [3.63, 3.8) is 0 Å². The predicted octanol–water partition coefficient (Wildman–Crippen LogP) is 2.57. The Labute approximate surface area is 96.3 Å². The van der Waals surface area contributed by atoms with E-state index in [9.17, 15) is 4.39 Å². The molecule has 2 rings (SSSR count). The van der Waals surface area contributed by atoms with E-state index in [1.807, 2.05) is 13.1 Å². The van der Waals surface area contributed by atoms with Gasteiger partial charge in [-0.05, 0) is 31.0 Å². The molecule has 4 atom stereocenters. The van der Waals surface area contributed by atoms with E-state index in [4.69, 9.17) is 0 Å². The zero-order valence-corrected chi connectivity index (χ0v) is 10.1. The molecular formula is C13H19FN2. The van der Waals surface area contributed by atoms with Crippen LogP contribution in [-0.4, -0.2) is 18.1 Å². The molecule has 1 aromatic heterocycles. The summed E-state index contributed by atoms with van der Waals surface area (Å²) in [5.41, 5.74) is 1.03. The Morgan fingerprint density at radius 1 is 1.44 bits per heavy atom. The van der Waals surface area contributed by atoms with E-state index in [0.717, 1.165) is 12.1 Å². The molecule has 0 aliphatic heterocycles. The third-order valence-corrected chi connectivity index (χ3v) is 3.95. The normalized spacial score (nSPS) is 33.5. The van der Waals surface area contributed by atoms with Gasteiger partial charge in [0.25, 0.3) is 0 Å². The van der Waals surface area contributed by atoms with Crippen molar-refractivity contribution in [2.24, 2.45) is 11.8 Å². The number of hydrogen-bond donors (Lipinski definition) is 1. The summed E-state index contributed by atoms with van der Waals surface area (Å²) in [6.45, 7) is 4.44. The minimum Gasteiger partial charge on any atom is -0.316 e. The van der Waals surface area contributed by atoms with Gasteiger partial charge in [-0.1, -0.05) is 20.3 Å². The topological polar surface area (TPSA) is 24.9 Å². The van der Waals surface area contributed by atoms with Crippen molar-refractivity contribution >= 4 is 0 Å². The molecule has 1 N–H and O–H groups in total. The van der Waals surface area contributed by atoms with E-state index in [2.05, 4.69) is 24.1 Å². The van der Waals surface area contributed by atoms with Gasteiger partial charge in [0.05, 0.1) is 6.20 Å². The van der Waals surface area contributed by atoms with Crippen LogP contribution in [0, 0.1) is 17.7 Å². The van der Waals surface area contributed by atoms with Crippen LogP contribution in [0.2, 0.25) is 0 Å². The summed E-state index contributed by atoms with van der Waals surface area (Å²) in [6.07, 6.45) is 2.46. The number of halogens is 1. The fourth-order valence-electron chi connectivity index (χ4n) is 3.14. The standard InChI is InChI=1S/C13H19FN2/c1-4-10-12(8(2)13(10)15-3)11-6-5-9(14)7-16-11/h5-8,10,12-13,15H,4H2,1-3H3. The minimum atomic E-state index is -0.256. The van der Waals surface area contributed by atoms with E-state index >= 15 is 0 Å². The SMILES string of the molecule is CCC1C(NC)C(C)C1c1ccc(F)cn1. The molecule has 1 aliphatic rings. The summed E-state index contributed by atoms with van der Waals surface area (Å²) < 4.78 is 12.8. The van der Waals surface area contributed by atoms with Crippen LogP contribution in [0.4, 0.5) is 4.39 Å². The summed E-state index contributed by atoms with van der Waals surface area (Å²) in [4.78, 5) is 4.21. The van der Waals surface area contributed by atoms with Crippen molar-refractivity contribution in [2.45, 2.75) is 32.2 Å². The lowest BCUT2D eigenvalue weighted by Gasteiger charge is -2.50. The number of nitrogens with zero attached hydrogens (tertiary/aromatic N) is 1. The molecule has 0 aromatic carbocycles. The van der Waals surface area contributed by atoms with Gasteiger partial charge in [-0.2, -0.15) is 0 Å². The zero-order chi connectivity index (χ0) is 11.7. The van der Waals surface area contributed by atoms with Gasteiger partial charge in [0, 0.05) is 17.7 Å². The summed E-state index contributed by atoms with van der Waals surface area (Å²) in [5, 5.41) is 3.36. The van der Waals surface area contributed by atoms with Crippen LogP contribution >= 0.6 is 0 Å². The first-order valence-corrected chi connectivity index (χ1v) is 5.97. The average Bonchev–Trinajstić information content (AvgIpc) is 2.29. The van der Waals surface area contributed by atoms with Crippen LogP contribution in [0.15, 0.2) is 18.3 Å². The maximum Gasteiger partial charge on any atom is 0.141 e. The molecule has 2 nitrogen and oxygen atoms in total. The Morgan fingerprint density at radius 2 is 2.19 bits per heavy atom. The molecule has 0 spiro atoms. The highest BCUT2D eigenvalue weighted by Crippen LogP contribution is 2.48. The lowest BCUT2D eigenvalue weighted by Crippen LogP contribution is -2.54. The van der Waals surface area contributed by atoms with Crippen LogP contribution in [-0.2, 0) is 0 Å². The van der Waals surface area contributed by atoms with E-state index < -0.39 is 0 Å². The second kappa shape index (κ2) is 4.50. The molecular weight excluding hydrogens is 203 g/mol. The monoisotopic (exact) mass is 222 g/mol. The Balaban J connectivity index is 2.18. The Hall–Kier alpha value is -0.960. The molecule has 16 heavy (non-hydrogen) atoms. The molecule has 0 saturated heterocycles. The smallest absolute Gasteiger partial charge is 0.141 e. The molecule has 3 heteroatoms. The van der Waals surface area contributed by atoms with Gasteiger partial charge in [0.2, 0.25) is 0 Å². The van der Waals surface area contributed by atoms with Crippen LogP contribution in [0.1, 0.15) is 31.9 Å². The quantitative estimate of drug-likeness (QED) is 0.850. The van der Waals surface area contributed by atoms with Gasteiger partial charge in [0.1, 0.15) is 5.82 Å². The molecule has 0 amide bonds. The molecule has 4 unspecified atom stereocenters. The van der Waals surface area contributed by atoms with E-state index in [1.165, 1.54) is 12.3 Å². The lowest BCUT2D eigenvalue weighted by atomic mass is 9.59. The number of rotatable bonds is 3. The molecule has 1 aromatic rings. The third kappa shape index (κ3) is 1.73. The third-order valence-electron chi connectivity index (χ3n) is 3.95. The zero-order valence-electron chi connectivity index (χ0n) is 10.1. The fraction of sp³-hybridized carbons (Fsp3) is 0.615. The highest BCUT2D eigenvalue weighted by molar-refractivity contribution is 5.20. The van der Waals surface area contributed by atoms with E-state index in [0.29, 0.717) is 23.8 Å². The molecule has 1 saturated carbocycles. The molecule has 88 valence electrons. The first kappa shape index (κ1) is 11.5. The first-order chi connectivity index (χ1) is 7.69. The summed E-state index contributed by atoms with van der Waals surface area (Å²) in [7, 11) is 2.01. The maximum atomic E-state index is 12.8. The van der Waals surface area contributed by atoms with Crippen molar-refractivity contribution in [3.8, 4) is 0 Å². The van der Waals surface area contributed by atoms with Crippen molar-refractivity contribution in [1.82, 2.24) is 10.3 Å². The number of pyridine rings is 1. The van der Waals surface area contributed by atoms with Gasteiger partial charge in [-0.15, -0.1) is 0 Å². The van der Waals surface area contributed by atoms with Crippen molar-refractivity contribution in [3.05, 3.63) is 29.8 Å². The minimum absolute atomic E-state index is 0.256. The van der Waals surface area contributed by atoms with Crippen LogP contribution in [0.25, 0.3) is 0 Å². The molecule has 1 aliphatic carbocycles. The van der Waals surface area contributed by atoms with Gasteiger partial charge in [-0.3, -0.25) is 4.98 Å². The van der Waals surface area contributed by atoms with Crippen LogP contribution in [0.5, 0.6) is 0 Å². The second-order valence-electron chi connectivity index (χ2n) is 4.67. The van der Waals surface area contributed by atoms with Crippen LogP contribution < -0.4 is 5.32 Å². The van der Waals surface area contributed by atoms with Crippen LogP contribution in [0.3, 0.4) is 0 Å².